The molecule has 0 aliphatic carbocycles. The molecule has 0 unspecified atom stereocenters. The molecule has 0 heterocycles. The summed E-state index contributed by atoms with van der Waals surface area (Å²) >= 11 is 0. The van der Waals surface area contributed by atoms with Crippen molar-refractivity contribution in [3.05, 3.63) is 35.9 Å². The minimum absolute atomic E-state index is 0.00130. The fourth-order valence-electron chi connectivity index (χ4n) is 0.975. The number of hydrogen-bond acceptors (Lipinski definition) is 5. The zero-order valence-corrected chi connectivity index (χ0v) is 8.54. The van der Waals surface area contributed by atoms with Crippen LogP contribution in [0.5, 0.6) is 0 Å². The number of carbonyl (C=O) groups is 3. The Kier molecular flexibility index (Phi) is 4.08. The van der Waals surface area contributed by atoms with E-state index in [4.69, 9.17) is 0 Å². The number of oxime groups is 1. The Morgan fingerprint density at radius 2 is 1.88 bits per heavy atom. The monoisotopic (exact) mass is 219 g/mol. The third-order valence-corrected chi connectivity index (χ3v) is 1.73. The molecule has 0 spiro atoms. The first-order chi connectivity index (χ1) is 7.65. The first-order valence-electron chi connectivity index (χ1n) is 4.45. The Hall–Kier alpha value is -2.30. The van der Waals surface area contributed by atoms with Crippen molar-refractivity contribution >= 4 is 23.8 Å². The quantitative estimate of drug-likeness (QED) is 0.189. The van der Waals surface area contributed by atoms with Crippen LogP contribution in [0.4, 0.5) is 0 Å². The lowest BCUT2D eigenvalue weighted by atomic mass is 10.1. The maximum absolute atomic E-state index is 11.6. The molecule has 0 saturated carbocycles. The number of aldehydes is 1. The van der Waals surface area contributed by atoms with Gasteiger partial charge in [-0.2, -0.15) is 0 Å². The van der Waals surface area contributed by atoms with Crippen LogP contribution in [0.1, 0.15) is 17.3 Å². The van der Waals surface area contributed by atoms with Crippen LogP contribution in [-0.4, -0.2) is 23.8 Å². The van der Waals surface area contributed by atoms with Crippen LogP contribution >= 0.6 is 0 Å². The predicted molar refractivity (Wildman–Crippen MR) is 56.0 cm³/mol. The lowest BCUT2D eigenvalue weighted by Crippen LogP contribution is -2.12. The summed E-state index contributed by atoms with van der Waals surface area (Å²) in [4.78, 5) is 36.2. The van der Waals surface area contributed by atoms with Crippen LogP contribution < -0.4 is 0 Å². The van der Waals surface area contributed by atoms with Crippen molar-refractivity contribution < 1.29 is 19.2 Å². The minimum Gasteiger partial charge on any atom is -0.309 e. The van der Waals surface area contributed by atoms with Crippen molar-refractivity contribution in [2.75, 3.05) is 0 Å². The highest BCUT2D eigenvalue weighted by Crippen LogP contribution is 2.01. The fraction of sp³-hybridized carbons (Fsp3) is 0.0909. The molecule has 1 aromatic carbocycles. The summed E-state index contributed by atoms with van der Waals surface area (Å²) in [5.74, 6) is -1.50. The molecule has 82 valence electrons. The summed E-state index contributed by atoms with van der Waals surface area (Å²) in [6, 6.07) is 8.41. The summed E-state index contributed by atoms with van der Waals surface area (Å²) in [6.45, 7) is 1.40. The molecule has 1 rings (SSSR count). The summed E-state index contributed by atoms with van der Waals surface area (Å²) in [5.41, 5.74) is 0.437. The molecule has 0 amide bonds. The van der Waals surface area contributed by atoms with Gasteiger partial charge in [-0.25, -0.2) is 4.79 Å². The number of carbonyl (C=O) groups excluding carboxylic acids is 3. The second-order valence-electron chi connectivity index (χ2n) is 2.90. The van der Waals surface area contributed by atoms with E-state index in [0.29, 0.717) is 5.56 Å². The van der Waals surface area contributed by atoms with E-state index >= 15 is 0 Å². The normalized spacial score (nSPS) is 10.7. The highest BCUT2D eigenvalue weighted by molar-refractivity contribution is 6.45. The summed E-state index contributed by atoms with van der Waals surface area (Å²) < 4.78 is 0. The molecule has 0 fully saturated rings. The molecular weight excluding hydrogens is 210 g/mol. The van der Waals surface area contributed by atoms with E-state index in [-0.39, 0.29) is 17.8 Å². The molecule has 0 radical (unpaired) electrons. The maximum Gasteiger partial charge on any atom is 0.397 e. The molecular formula is C11H9NO4. The van der Waals surface area contributed by atoms with Crippen LogP contribution in [-0.2, 0) is 14.4 Å². The maximum atomic E-state index is 11.6. The van der Waals surface area contributed by atoms with Gasteiger partial charge in [-0.05, 0) is 6.92 Å². The number of rotatable bonds is 4. The van der Waals surface area contributed by atoms with Gasteiger partial charge in [0.25, 0.3) is 0 Å². The topological polar surface area (TPSA) is 72.8 Å². The van der Waals surface area contributed by atoms with E-state index in [1.165, 1.54) is 6.92 Å². The molecule has 0 atom stereocenters. The van der Waals surface area contributed by atoms with Crippen molar-refractivity contribution in [3.8, 4) is 0 Å². The van der Waals surface area contributed by atoms with Crippen molar-refractivity contribution in [2.24, 2.45) is 5.16 Å². The van der Waals surface area contributed by atoms with Crippen LogP contribution in [0.15, 0.2) is 35.5 Å². The van der Waals surface area contributed by atoms with E-state index in [2.05, 4.69) is 9.99 Å². The van der Waals surface area contributed by atoms with E-state index in [9.17, 15) is 14.4 Å². The highest BCUT2D eigenvalue weighted by atomic mass is 16.7. The summed E-state index contributed by atoms with van der Waals surface area (Å²) in [5, 5.41) is 3.26. The standard InChI is InChI=1S/C11H9NO4/c1-8(12-16-10(14)7-13)11(15)9-5-3-2-4-6-9/h2-7H,1H3. The Morgan fingerprint density at radius 3 is 2.44 bits per heavy atom. The van der Waals surface area contributed by atoms with Crippen molar-refractivity contribution in [3.63, 3.8) is 0 Å². The number of ketones is 1. The Morgan fingerprint density at radius 1 is 1.25 bits per heavy atom. The van der Waals surface area contributed by atoms with Gasteiger partial charge < -0.3 is 4.84 Å². The number of Topliss-reactive ketones (excluding diaryl/α,β-unsaturated/α-hetero) is 1. The molecule has 16 heavy (non-hydrogen) atoms. The van der Waals surface area contributed by atoms with Crippen molar-refractivity contribution in [1.82, 2.24) is 0 Å². The van der Waals surface area contributed by atoms with Gasteiger partial charge in [-0.15, -0.1) is 0 Å². The van der Waals surface area contributed by atoms with Crippen molar-refractivity contribution in [2.45, 2.75) is 6.92 Å². The van der Waals surface area contributed by atoms with E-state index in [1.54, 1.807) is 30.3 Å². The van der Waals surface area contributed by atoms with Crippen molar-refractivity contribution in [1.29, 1.82) is 0 Å². The van der Waals surface area contributed by atoms with E-state index in [0.717, 1.165) is 0 Å². The molecule has 5 nitrogen and oxygen atoms in total. The SMILES string of the molecule is CC(=NOC(=O)C=O)C(=O)c1ccccc1. The smallest absolute Gasteiger partial charge is 0.309 e. The summed E-state index contributed by atoms with van der Waals surface area (Å²) in [6.07, 6.45) is -0.0240. The number of benzene rings is 1. The molecule has 0 aromatic heterocycles. The van der Waals surface area contributed by atoms with Gasteiger partial charge in [0, 0.05) is 5.56 Å². The molecule has 0 aliphatic rings. The van der Waals surface area contributed by atoms with E-state index in [1.807, 2.05) is 0 Å². The molecule has 1 aromatic rings. The van der Waals surface area contributed by atoms with Gasteiger partial charge in [-0.3, -0.25) is 9.59 Å². The van der Waals surface area contributed by atoms with Gasteiger partial charge in [0.15, 0.2) is 0 Å². The van der Waals surface area contributed by atoms with E-state index < -0.39 is 5.97 Å². The number of nitrogens with zero attached hydrogens (tertiary/aromatic N) is 1. The van der Waals surface area contributed by atoms with Gasteiger partial charge in [-0.1, -0.05) is 35.5 Å². The first-order valence-corrected chi connectivity index (χ1v) is 4.45. The highest BCUT2D eigenvalue weighted by Gasteiger charge is 2.10. The Balaban J connectivity index is 2.75. The van der Waals surface area contributed by atoms with Gasteiger partial charge >= 0.3 is 5.97 Å². The first kappa shape index (κ1) is 11.8. The molecule has 0 aliphatic heterocycles. The summed E-state index contributed by atoms with van der Waals surface area (Å²) in [7, 11) is 0. The van der Waals surface area contributed by atoms with Gasteiger partial charge in [0.05, 0.1) is 0 Å². The predicted octanol–water partition coefficient (Wildman–Crippen LogP) is 0.987. The van der Waals surface area contributed by atoms with Crippen LogP contribution in [0.3, 0.4) is 0 Å². The minimum atomic E-state index is -1.14. The van der Waals surface area contributed by atoms with Gasteiger partial charge in [0.1, 0.15) is 5.71 Å². The Bertz CT molecular complexity index is 437. The molecule has 0 N–H and O–H groups in total. The largest absolute Gasteiger partial charge is 0.397 e. The number of hydrogen-bond donors (Lipinski definition) is 0. The van der Waals surface area contributed by atoms with Gasteiger partial charge in [0.2, 0.25) is 12.1 Å². The third-order valence-electron chi connectivity index (χ3n) is 1.73. The molecule has 0 bridgehead atoms. The zero-order chi connectivity index (χ0) is 12.0. The average molecular weight is 219 g/mol. The Labute approximate surface area is 91.7 Å². The average Bonchev–Trinajstić information content (AvgIpc) is 2.35. The zero-order valence-electron chi connectivity index (χ0n) is 8.54. The van der Waals surface area contributed by atoms with Crippen LogP contribution in [0.25, 0.3) is 0 Å². The molecule has 0 saturated heterocycles. The lowest BCUT2D eigenvalue weighted by Gasteiger charge is -1.98. The fourth-order valence-corrected chi connectivity index (χ4v) is 0.975. The second-order valence-corrected chi connectivity index (χ2v) is 2.90. The lowest BCUT2D eigenvalue weighted by molar-refractivity contribution is -0.148. The van der Waals surface area contributed by atoms with Crippen LogP contribution in [0, 0.1) is 0 Å². The second kappa shape index (κ2) is 5.55. The third kappa shape index (κ3) is 3.13. The molecule has 5 heteroatoms. The van der Waals surface area contributed by atoms with Crippen LogP contribution in [0.2, 0.25) is 0 Å².